The van der Waals surface area contributed by atoms with Gasteiger partial charge in [-0.15, -0.1) is 0 Å². The van der Waals surface area contributed by atoms with Gasteiger partial charge in [0.25, 0.3) is 5.56 Å². The fourth-order valence-corrected chi connectivity index (χ4v) is 5.46. The number of phosphoric ester groups is 1. The predicted octanol–water partition coefficient (Wildman–Crippen LogP) is -1.04. The van der Waals surface area contributed by atoms with Crippen LogP contribution in [0.3, 0.4) is 0 Å². The Labute approximate surface area is 201 Å². The van der Waals surface area contributed by atoms with E-state index in [4.69, 9.17) is 9.84 Å². The number of hydrogen-bond acceptors (Lipinski definition) is 10. The molecule has 6 atom stereocenters. The lowest BCUT2D eigenvalue weighted by Gasteiger charge is -2.19. The van der Waals surface area contributed by atoms with Crippen LogP contribution in [0.25, 0.3) is 0 Å². The maximum Gasteiger partial charge on any atom is 0.479 e. The van der Waals surface area contributed by atoms with Gasteiger partial charge in [-0.1, -0.05) is 30.0 Å². The molecule has 6 N–H and O–H groups in total. The summed E-state index contributed by atoms with van der Waals surface area (Å²) in [6.45, 7) is -0.978. The number of ether oxygens (including phenoxy) is 1. The molecule has 1 aromatic carbocycles. The Balaban J connectivity index is 1.76. The van der Waals surface area contributed by atoms with E-state index in [2.05, 4.69) is 20.7 Å². The monoisotopic (exact) mass is 546 g/mol. The highest BCUT2D eigenvalue weighted by Gasteiger charge is 2.46. The van der Waals surface area contributed by atoms with Crippen LogP contribution >= 0.6 is 15.4 Å². The number of carboxylic acid groups (broad SMARTS) is 1. The van der Waals surface area contributed by atoms with Gasteiger partial charge in [-0.25, -0.2) is 13.7 Å². The summed E-state index contributed by atoms with van der Waals surface area (Å²) < 4.78 is 38.1. The standard InChI is InChI=1S/C19H20N2O13P2/c22-14(23)10-35(28,29)34-36(30,31)32-9-13-15(24)16(25)18(33-13)21-8-12(17(26)20-19(21)27)7-6-11-4-2-1-3-5-11/h1-5,8,13,15-16,18,24-25H,9-10H2,(H,22,23)(H,28,29)(H,30,31)(H,20,26,27)/t13-,15-,16-,18-/m1/s1. The van der Waals surface area contributed by atoms with E-state index in [9.17, 15) is 43.5 Å². The van der Waals surface area contributed by atoms with E-state index in [1.165, 1.54) is 0 Å². The molecule has 17 heteroatoms. The molecule has 36 heavy (non-hydrogen) atoms. The van der Waals surface area contributed by atoms with Gasteiger partial charge in [0.2, 0.25) is 0 Å². The predicted molar refractivity (Wildman–Crippen MR) is 119 cm³/mol. The molecule has 1 aromatic heterocycles. The Morgan fingerprint density at radius 1 is 1.11 bits per heavy atom. The van der Waals surface area contributed by atoms with E-state index in [0.717, 1.165) is 10.8 Å². The van der Waals surface area contributed by atoms with Crippen LogP contribution in [0.15, 0.2) is 46.1 Å². The van der Waals surface area contributed by atoms with Crippen LogP contribution in [0.4, 0.5) is 0 Å². The molecule has 0 bridgehead atoms. The average molecular weight is 546 g/mol. The number of hydrogen-bond donors (Lipinski definition) is 6. The van der Waals surface area contributed by atoms with Crippen molar-refractivity contribution in [3.63, 3.8) is 0 Å². The Hall–Kier alpha value is -2.89. The summed E-state index contributed by atoms with van der Waals surface area (Å²) in [6, 6.07) is 8.58. The molecule has 0 amide bonds. The number of H-pyrrole nitrogens is 1. The van der Waals surface area contributed by atoms with E-state index in [0.29, 0.717) is 5.56 Å². The molecule has 2 heterocycles. The molecule has 1 fully saturated rings. The second-order valence-corrected chi connectivity index (χ2v) is 10.8. The fourth-order valence-electron chi connectivity index (χ4n) is 3.07. The first-order chi connectivity index (χ1) is 16.8. The van der Waals surface area contributed by atoms with Crippen molar-refractivity contribution in [2.75, 3.05) is 12.8 Å². The molecular formula is C19H20N2O13P2. The Kier molecular flexibility index (Phi) is 8.48. The van der Waals surface area contributed by atoms with Crippen LogP contribution in [-0.2, 0) is 27.5 Å². The molecule has 0 radical (unpaired) electrons. The lowest BCUT2D eigenvalue weighted by molar-refractivity contribution is -0.134. The number of aromatic amines is 1. The largest absolute Gasteiger partial charge is 0.481 e. The van der Waals surface area contributed by atoms with Crippen molar-refractivity contribution in [3.05, 3.63) is 68.5 Å². The van der Waals surface area contributed by atoms with Crippen LogP contribution in [0.1, 0.15) is 17.4 Å². The summed E-state index contributed by atoms with van der Waals surface area (Å²) >= 11 is 0. The number of nitrogens with zero attached hydrogens (tertiary/aromatic N) is 1. The van der Waals surface area contributed by atoms with Gasteiger partial charge >= 0.3 is 27.1 Å². The summed E-state index contributed by atoms with van der Waals surface area (Å²) in [4.78, 5) is 55.9. The Bertz CT molecular complexity index is 1390. The molecule has 0 saturated carbocycles. The van der Waals surface area contributed by atoms with Gasteiger partial charge in [0.1, 0.15) is 30.0 Å². The van der Waals surface area contributed by atoms with Gasteiger partial charge in [-0.05, 0) is 12.1 Å². The van der Waals surface area contributed by atoms with Crippen molar-refractivity contribution in [1.82, 2.24) is 9.55 Å². The Morgan fingerprint density at radius 3 is 2.42 bits per heavy atom. The van der Waals surface area contributed by atoms with Gasteiger partial charge in [0.05, 0.1) is 6.61 Å². The first-order valence-electron chi connectivity index (χ1n) is 9.94. The van der Waals surface area contributed by atoms with Crippen molar-refractivity contribution in [3.8, 4) is 11.8 Å². The first-order valence-corrected chi connectivity index (χ1v) is 13.2. The number of rotatable bonds is 8. The highest BCUT2D eigenvalue weighted by atomic mass is 31.3. The summed E-state index contributed by atoms with van der Waals surface area (Å²) in [5.74, 6) is 3.53. The van der Waals surface area contributed by atoms with Gasteiger partial charge in [-0.3, -0.25) is 28.2 Å². The maximum absolute atomic E-state index is 12.3. The summed E-state index contributed by atoms with van der Waals surface area (Å²) in [6.07, 6.45) is -7.20. The van der Waals surface area contributed by atoms with Crippen LogP contribution in [0, 0.1) is 11.8 Å². The highest BCUT2D eigenvalue weighted by molar-refractivity contribution is 7.64. The van der Waals surface area contributed by atoms with E-state index >= 15 is 0 Å². The molecular weight excluding hydrogens is 526 g/mol. The number of aliphatic hydroxyl groups is 2. The summed E-state index contributed by atoms with van der Waals surface area (Å²) in [7, 11) is -10.4. The highest BCUT2D eigenvalue weighted by Crippen LogP contribution is 2.59. The van der Waals surface area contributed by atoms with Gasteiger partial charge < -0.3 is 29.8 Å². The zero-order chi connectivity index (χ0) is 26.7. The zero-order valence-electron chi connectivity index (χ0n) is 18.0. The fraction of sp³-hybridized carbons (Fsp3) is 0.316. The van der Waals surface area contributed by atoms with Crippen LogP contribution in [0.5, 0.6) is 0 Å². The second kappa shape index (κ2) is 11.0. The number of carbonyl (C=O) groups is 1. The normalized spacial score (nSPS) is 24.8. The number of aromatic nitrogens is 2. The third kappa shape index (κ3) is 7.08. The average Bonchev–Trinajstić information content (AvgIpc) is 3.05. The quantitative estimate of drug-likeness (QED) is 0.172. The molecule has 0 spiro atoms. The summed E-state index contributed by atoms with van der Waals surface area (Å²) in [5.41, 5.74) is -1.44. The maximum atomic E-state index is 12.3. The number of carboxylic acids is 1. The van der Waals surface area contributed by atoms with Crippen molar-refractivity contribution in [2.45, 2.75) is 24.5 Å². The van der Waals surface area contributed by atoms with Gasteiger partial charge in [0.15, 0.2) is 6.23 Å². The minimum Gasteiger partial charge on any atom is -0.481 e. The number of aliphatic hydroxyl groups excluding tert-OH is 2. The third-order valence-corrected chi connectivity index (χ3v) is 7.65. The van der Waals surface area contributed by atoms with Crippen molar-refractivity contribution in [2.24, 2.45) is 0 Å². The van der Waals surface area contributed by atoms with E-state index in [1.807, 2.05) is 4.98 Å². The van der Waals surface area contributed by atoms with Crippen molar-refractivity contribution in [1.29, 1.82) is 0 Å². The minimum atomic E-state index is -5.31. The lowest BCUT2D eigenvalue weighted by atomic mass is 10.1. The van der Waals surface area contributed by atoms with Crippen molar-refractivity contribution < 1.29 is 52.6 Å². The van der Waals surface area contributed by atoms with Gasteiger partial charge in [0, 0.05) is 11.8 Å². The Morgan fingerprint density at radius 2 is 1.78 bits per heavy atom. The number of benzene rings is 1. The molecule has 1 aliphatic heterocycles. The molecule has 194 valence electrons. The SMILES string of the molecule is O=C(O)CP(=O)(O)OP(=O)(O)OC[C@H]1O[C@@H](n2cc(C#Cc3ccccc3)c(=O)[nH]c2=O)[C@H](O)[C@@H]1O. The smallest absolute Gasteiger partial charge is 0.479 e. The molecule has 1 aliphatic rings. The molecule has 2 aromatic rings. The molecule has 3 rings (SSSR count). The minimum absolute atomic E-state index is 0.172. The van der Waals surface area contributed by atoms with Gasteiger partial charge in [-0.2, -0.15) is 0 Å². The lowest BCUT2D eigenvalue weighted by Crippen LogP contribution is -2.38. The number of nitrogens with one attached hydrogen (secondary N) is 1. The van der Waals surface area contributed by atoms with E-state index < -0.39 is 69.9 Å². The van der Waals surface area contributed by atoms with E-state index in [1.54, 1.807) is 30.3 Å². The number of aliphatic carboxylic acids is 1. The first kappa shape index (κ1) is 27.7. The second-order valence-electron chi connectivity index (χ2n) is 7.41. The van der Waals surface area contributed by atoms with Crippen molar-refractivity contribution >= 4 is 21.4 Å². The molecule has 0 aliphatic carbocycles. The third-order valence-electron chi connectivity index (χ3n) is 4.66. The van der Waals surface area contributed by atoms with Crippen LogP contribution < -0.4 is 11.2 Å². The number of phosphoric acid groups is 1. The van der Waals surface area contributed by atoms with E-state index in [-0.39, 0.29) is 5.56 Å². The molecule has 2 unspecified atom stereocenters. The van der Waals surface area contributed by atoms with Crippen LogP contribution in [-0.4, -0.2) is 71.7 Å². The molecule has 15 nitrogen and oxygen atoms in total. The topological polar surface area (TPSA) is 235 Å². The summed E-state index contributed by atoms with van der Waals surface area (Å²) in [5, 5.41) is 29.1. The zero-order valence-corrected chi connectivity index (χ0v) is 19.8. The van der Waals surface area contributed by atoms with Crippen LogP contribution in [0.2, 0.25) is 0 Å². The molecule has 1 saturated heterocycles.